The summed E-state index contributed by atoms with van der Waals surface area (Å²) in [5.41, 5.74) is 10.4. The second-order valence-corrected chi connectivity index (χ2v) is 11.1. The minimum atomic E-state index is 0.765. The zero-order chi connectivity index (χ0) is 29.5. The molecule has 0 radical (unpaired) electrons. The first-order chi connectivity index (χ1) is 21.0. The fourth-order valence-electron chi connectivity index (χ4n) is 6.14. The van der Waals surface area contributed by atoms with Crippen molar-refractivity contribution in [3.8, 4) is 34.1 Å². The molecule has 0 amide bonds. The van der Waals surface area contributed by atoms with Crippen LogP contribution in [0.3, 0.4) is 0 Å². The van der Waals surface area contributed by atoms with E-state index in [0.29, 0.717) is 0 Å². The van der Waals surface area contributed by atoms with Gasteiger partial charge in [0, 0.05) is 34.7 Å². The van der Waals surface area contributed by atoms with Crippen LogP contribution in [0.1, 0.15) is 36.4 Å². The minimum absolute atomic E-state index is 0.765. The Morgan fingerprint density at radius 3 is 2.28 bits per heavy atom. The van der Waals surface area contributed by atoms with Crippen LogP contribution in [0.5, 0.6) is 11.5 Å². The van der Waals surface area contributed by atoms with Gasteiger partial charge < -0.3 is 4.74 Å². The number of hydrogen-bond donors (Lipinski definition) is 0. The Bertz CT molecular complexity index is 2120. The summed E-state index contributed by atoms with van der Waals surface area (Å²) in [5.74, 6) is 2.43. The summed E-state index contributed by atoms with van der Waals surface area (Å²) in [6.07, 6.45) is 3.60. The van der Waals surface area contributed by atoms with Crippen molar-refractivity contribution in [1.82, 2.24) is 19.3 Å². The molecule has 0 aliphatic heterocycles. The van der Waals surface area contributed by atoms with Crippen LogP contribution in [-0.2, 0) is 12.8 Å². The first kappa shape index (κ1) is 26.7. The lowest BCUT2D eigenvalue weighted by atomic mass is 9.99. The van der Waals surface area contributed by atoms with E-state index in [1.807, 2.05) is 30.5 Å². The second-order valence-electron chi connectivity index (χ2n) is 11.1. The van der Waals surface area contributed by atoms with Crippen LogP contribution in [0, 0.1) is 13.8 Å². The number of aromatic nitrogens is 4. The van der Waals surface area contributed by atoms with Crippen LogP contribution in [0.2, 0.25) is 0 Å². The quantitative estimate of drug-likeness (QED) is 0.194. The molecule has 0 spiro atoms. The van der Waals surface area contributed by atoms with Crippen molar-refractivity contribution in [2.24, 2.45) is 0 Å². The maximum atomic E-state index is 6.52. The van der Waals surface area contributed by atoms with Gasteiger partial charge in [-0.1, -0.05) is 67.9 Å². The number of fused-ring (bicyclic) bond motifs is 3. The van der Waals surface area contributed by atoms with Gasteiger partial charge >= 0.3 is 0 Å². The number of benzene rings is 4. The third kappa shape index (κ3) is 4.77. The molecule has 7 aromatic rings. The average Bonchev–Trinajstić information content (AvgIpc) is 3.57. The van der Waals surface area contributed by atoms with Crippen LogP contribution in [0.15, 0.2) is 109 Å². The minimum Gasteiger partial charge on any atom is -0.457 e. The Morgan fingerprint density at radius 2 is 1.47 bits per heavy atom. The number of rotatable bonds is 7. The number of aryl methyl sites for hydroxylation is 3. The number of para-hydroxylation sites is 1. The van der Waals surface area contributed by atoms with Crippen LogP contribution in [-0.4, -0.2) is 19.3 Å². The zero-order valence-corrected chi connectivity index (χ0v) is 25.0. The van der Waals surface area contributed by atoms with Gasteiger partial charge in [0.1, 0.15) is 17.3 Å². The molecule has 0 atom stereocenters. The molecular weight excluding hydrogens is 528 g/mol. The van der Waals surface area contributed by atoms with E-state index in [-0.39, 0.29) is 0 Å². The molecule has 212 valence electrons. The van der Waals surface area contributed by atoms with Crippen molar-refractivity contribution in [3.63, 3.8) is 0 Å². The maximum Gasteiger partial charge on any atom is 0.137 e. The van der Waals surface area contributed by atoms with Crippen molar-refractivity contribution in [3.05, 3.63) is 132 Å². The Labute approximate surface area is 252 Å². The van der Waals surface area contributed by atoms with E-state index >= 15 is 0 Å². The highest BCUT2D eigenvalue weighted by atomic mass is 16.5. The van der Waals surface area contributed by atoms with E-state index < -0.39 is 0 Å². The smallest absolute Gasteiger partial charge is 0.137 e. The summed E-state index contributed by atoms with van der Waals surface area (Å²) in [4.78, 5) is 4.71. The van der Waals surface area contributed by atoms with Crippen LogP contribution in [0.25, 0.3) is 44.4 Å². The molecule has 0 saturated heterocycles. The molecule has 4 aromatic carbocycles. The van der Waals surface area contributed by atoms with Gasteiger partial charge in [-0.05, 0) is 80.3 Å². The van der Waals surface area contributed by atoms with Crippen molar-refractivity contribution in [1.29, 1.82) is 0 Å². The van der Waals surface area contributed by atoms with Gasteiger partial charge in [-0.3, -0.25) is 4.57 Å². The first-order valence-corrected chi connectivity index (χ1v) is 15.0. The van der Waals surface area contributed by atoms with Gasteiger partial charge in [-0.2, -0.15) is 5.10 Å². The normalized spacial score (nSPS) is 11.4. The van der Waals surface area contributed by atoms with Gasteiger partial charge in [0.2, 0.25) is 0 Å². The van der Waals surface area contributed by atoms with Crippen LogP contribution < -0.4 is 4.74 Å². The Balaban J connectivity index is 1.30. The molecule has 5 nitrogen and oxygen atoms in total. The molecule has 3 aromatic heterocycles. The molecule has 0 fully saturated rings. The fourth-order valence-corrected chi connectivity index (χ4v) is 6.14. The Kier molecular flexibility index (Phi) is 6.78. The van der Waals surface area contributed by atoms with E-state index in [1.54, 1.807) is 0 Å². The summed E-state index contributed by atoms with van der Waals surface area (Å²) < 4.78 is 10.8. The van der Waals surface area contributed by atoms with Crippen LogP contribution in [0.4, 0.5) is 0 Å². The van der Waals surface area contributed by atoms with Gasteiger partial charge in [0.05, 0.1) is 28.1 Å². The van der Waals surface area contributed by atoms with E-state index in [1.165, 1.54) is 38.7 Å². The van der Waals surface area contributed by atoms with Gasteiger partial charge in [-0.25, -0.2) is 9.67 Å². The highest BCUT2D eigenvalue weighted by Crippen LogP contribution is 2.36. The molecule has 0 bridgehead atoms. The Hall–Kier alpha value is -5.16. The first-order valence-electron chi connectivity index (χ1n) is 15.0. The highest BCUT2D eigenvalue weighted by Gasteiger charge is 2.19. The lowest BCUT2D eigenvalue weighted by Gasteiger charge is -2.12. The molecule has 7 rings (SSSR count). The Morgan fingerprint density at radius 1 is 0.674 bits per heavy atom. The summed E-state index contributed by atoms with van der Waals surface area (Å²) in [7, 11) is 0. The monoisotopic (exact) mass is 562 g/mol. The molecule has 0 saturated carbocycles. The fraction of sp³-hybridized carbons (Fsp3) is 0.158. The third-order valence-corrected chi connectivity index (χ3v) is 8.10. The standard InChI is InChI=1S/C38H34N4O/c1-5-33-38(27-12-9-11-25(3)21-27)34(6-2)42(40-33)28-13-10-14-29(23-28)43-30-17-18-32-31-15-7-8-16-35(31)41(36(32)24-30)37-22-26(4)19-20-39-37/h7-24H,5-6H2,1-4H3. The molecule has 43 heavy (non-hydrogen) atoms. The second kappa shape index (κ2) is 10.9. The van der Waals surface area contributed by atoms with E-state index in [4.69, 9.17) is 14.8 Å². The lowest BCUT2D eigenvalue weighted by Crippen LogP contribution is -2.02. The molecule has 0 aliphatic rings. The highest BCUT2D eigenvalue weighted by molar-refractivity contribution is 6.09. The number of hydrogen-bond acceptors (Lipinski definition) is 3. The molecule has 3 heterocycles. The predicted octanol–water partition coefficient (Wildman–Crippen LogP) is 9.57. The number of nitrogens with zero attached hydrogens (tertiary/aromatic N) is 4. The summed E-state index contributed by atoms with van der Waals surface area (Å²) in [6, 6.07) is 35.8. The van der Waals surface area contributed by atoms with Crippen molar-refractivity contribution >= 4 is 21.8 Å². The number of pyridine rings is 1. The van der Waals surface area contributed by atoms with Gasteiger partial charge in [0.25, 0.3) is 0 Å². The molecule has 0 unspecified atom stereocenters. The van der Waals surface area contributed by atoms with E-state index in [9.17, 15) is 0 Å². The summed E-state index contributed by atoms with van der Waals surface area (Å²) in [5, 5.41) is 7.45. The topological polar surface area (TPSA) is 44.9 Å². The SMILES string of the molecule is CCc1nn(-c2cccc(Oc3ccc4c5ccccc5n(-c5cc(C)ccn5)c4c3)c2)c(CC)c1-c1cccc(C)c1. The summed E-state index contributed by atoms with van der Waals surface area (Å²) in [6.45, 7) is 8.61. The molecule has 0 aliphatic carbocycles. The third-order valence-electron chi connectivity index (χ3n) is 8.10. The van der Waals surface area contributed by atoms with E-state index in [2.05, 4.69) is 116 Å². The van der Waals surface area contributed by atoms with Crippen molar-refractivity contribution in [2.45, 2.75) is 40.5 Å². The van der Waals surface area contributed by atoms with Gasteiger partial charge in [-0.15, -0.1) is 0 Å². The van der Waals surface area contributed by atoms with Gasteiger partial charge in [0.15, 0.2) is 0 Å². The van der Waals surface area contributed by atoms with E-state index in [0.717, 1.165) is 52.6 Å². The molecule has 0 N–H and O–H groups in total. The lowest BCUT2D eigenvalue weighted by molar-refractivity contribution is 0.482. The molecular formula is C38H34N4O. The van der Waals surface area contributed by atoms with Crippen molar-refractivity contribution in [2.75, 3.05) is 0 Å². The van der Waals surface area contributed by atoms with Crippen molar-refractivity contribution < 1.29 is 4.74 Å². The molecule has 5 heteroatoms. The summed E-state index contributed by atoms with van der Waals surface area (Å²) >= 11 is 0. The zero-order valence-electron chi connectivity index (χ0n) is 25.0. The predicted molar refractivity (Wildman–Crippen MR) is 176 cm³/mol. The average molecular weight is 563 g/mol. The number of ether oxygens (including phenoxy) is 1. The van der Waals surface area contributed by atoms with Crippen LogP contribution >= 0.6 is 0 Å². The largest absolute Gasteiger partial charge is 0.457 e. The maximum absolute atomic E-state index is 6.52.